The van der Waals surface area contributed by atoms with Crippen molar-refractivity contribution in [3.63, 3.8) is 0 Å². The highest BCUT2D eigenvalue weighted by Crippen LogP contribution is 2.20. The molecule has 1 aromatic heterocycles. The second-order valence-corrected chi connectivity index (χ2v) is 6.11. The smallest absolute Gasteiger partial charge is 0.251 e. The van der Waals surface area contributed by atoms with Crippen LogP contribution in [0.4, 0.5) is 0 Å². The Bertz CT molecular complexity index is 825. The predicted molar refractivity (Wildman–Crippen MR) is 101 cm³/mol. The number of ether oxygens (including phenoxy) is 1. The van der Waals surface area contributed by atoms with Crippen LogP contribution in [-0.4, -0.2) is 22.8 Å². The molecule has 0 aliphatic rings. The van der Waals surface area contributed by atoms with Crippen molar-refractivity contribution in [2.45, 2.75) is 25.9 Å². The van der Waals surface area contributed by atoms with E-state index in [2.05, 4.69) is 17.3 Å². The molecule has 3 rings (SSSR count). The predicted octanol–water partition coefficient (Wildman–Crippen LogP) is 3.82. The second kappa shape index (κ2) is 8.34. The number of methoxy groups -OCH3 is 1. The molecule has 0 radical (unpaired) electrons. The molecule has 0 bridgehead atoms. The molecule has 3 aromatic rings. The van der Waals surface area contributed by atoms with Gasteiger partial charge >= 0.3 is 0 Å². The summed E-state index contributed by atoms with van der Waals surface area (Å²) in [5.74, 6) is 0.737. The van der Waals surface area contributed by atoms with Crippen LogP contribution in [0.5, 0.6) is 5.75 Å². The lowest BCUT2D eigenvalue weighted by Gasteiger charge is -2.18. The maximum Gasteiger partial charge on any atom is 0.251 e. The lowest BCUT2D eigenvalue weighted by Crippen LogP contribution is -2.28. The normalized spacial score (nSPS) is 11.8. The molecule has 0 saturated heterocycles. The van der Waals surface area contributed by atoms with Crippen molar-refractivity contribution < 1.29 is 9.53 Å². The molecule has 1 heterocycles. The number of carbonyl (C=O) groups excluding carboxylic acids is 1. The topological polar surface area (TPSA) is 56.2 Å². The molecule has 0 aliphatic carbocycles. The van der Waals surface area contributed by atoms with Gasteiger partial charge in [-0.3, -0.25) is 9.48 Å². The lowest BCUT2D eigenvalue weighted by atomic mass is 10.0. The number of nitrogens with zero attached hydrogens (tertiary/aromatic N) is 2. The molecule has 134 valence electrons. The van der Waals surface area contributed by atoms with Crippen LogP contribution < -0.4 is 10.1 Å². The molecule has 1 N–H and O–H groups in total. The minimum Gasteiger partial charge on any atom is -0.497 e. The molecule has 2 aromatic carbocycles. The summed E-state index contributed by atoms with van der Waals surface area (Å²) < 4.78 is 7.04. The minimum absolute atomic E-state index is 0.0304. The first-order chi connectivity index (χ1) is 12.7. The largest absolute Gasteiger partial charge is 0.497 e. The monoisotopic (exact) mass is 349 g/mol. The van der Waals surface area contributed by atoms with Gasteiger partial charge in [0, 0.05) is 18.0 Å². The fraction of sp³-hybridized carbons (Fsp3) is 0.238. The van der Waals surface area contributed by atoms with E-state index in [1.54, 1.807) is 13.3 Å². The Hall–Kier alpha value is -3.08. The van der Waals surface area contributed by atoms with Gasteiger partial charge in [-0.05, 0) is 47.9 Å². The fourth-order valence-electron chi connectivity index (χ4n) is 2.84. The molecule has 1 amide bonds. The quantitative estimate of drug-likeness (QED) is 0.705. The van der Waals surface area contributed by atoms with Crippen LogP contribution >= 0.6 is 0 Å². The van der Waals surface area contributed by atoms with E-state index in [1.807, 2.05) is 65.5 Å². The average molecular weight is 349 g/mol. The summed E-state index contributed by atoms with van der Waals surface area (Å²) >= 11 is 0. The van der Waals surface area contributed by atoms with Crippen molar-refractivity contribution in [3.05, 3.63) is 83.7 Å². The highest BCUT2D eigenvalue weighted by molar-refractivity contribution is 5.94. The van der Waals surface area contributed by atoms with Crippen LogP contribution in [0.15, 0.2) is 67.0 Å². The first-order valence-electron chi connectivity index (χ1n) is 8.70. The Morgan fingerprint density at radius 3 is 2.46 bits per heavy atom. The summed E-state index contributed by atoms with van der Waals surface area (Å²) in [7, 11) is 1.64. The Kier molecular flexibility index (Phi) is 5.69. The first-order valence-corrected chi connectivity index (χ1v) is 8.70. The number of hydrogen-bond donors (Lipinski definition) is 1. The van der Waals surface area contributed by atoms with E-state index in [1.165, 1.54) is 0 Å². The SMILES string of the molecule is CCC(NC(=O)c1ccc(Cn2cccn2)cc1)c1ccc(OC)cc1. The molecule has 5 nitrogen and oxygen atoms in total. The van der Waals surface area contributed by atoms with Crippen molar-refractivity contribution in [3.8, 4) is 5.75 Å². The van der Waals surface area contributed by atoms with Gasteiger partial charge in [0.05, 0.1) is 19.7 Å². The third-order valence-electron chi connectivity index (χ3n) is 4.35. The van der Waals surface area contributed by atoms with Crippen LogP contribution in [-0.2, 0) is 6.54 Å². The maximum absolute atomic E-state index is 12.6. The summed E-state index contributed by atoms with van der Waals surface area (Å²) in [6.07, 6.45) is 4.49. The zero-order valence-electron chi connectivity index (χ0n) is 15.1. The van der Waals surface area contributed by atoms with E-state index in [9.17, 15) is 4.79 Å². The van der Waals surface area contributed by atoms with E-state index in [-0.39, 0.29) is 11.9 Å². The Morgan fingerprint density at radius 2 is 1.88 bits per heavy atom. The molecule has 1 atom stereocenters. The summed E-state index contributed by atoms with van der Waals surface area (Å²) in [5.41, 5.74) is 2.82. The molecule has 5 heteroatoms. The van der Waals surface area contributed by atoms with Crippen LogP contribution in [0, 0.1) is 0 Å². The Morgan fingerprint density at radius 1 is 1.15 bits per heavy atom. The van der Waals surface area contributed by atoms with E-state index < -0.39 is 0 Å². The zero-order valence-corrected chi connectivity index (χ0v) is 15.1. The van der Waals surface area contributed by atoms with Crippen LogP contribution in [0.2, 0.25) is 0 Å². The number of benzene rings is 2. The van der Waals surface area contributed by atoms with Gasteiger partial charge in [0.2, 0.25) is 0 Å². The van der Waals surface area contributed by atoms with Crippen molar-refractivity contribution in [2.75, 3.05) is 7.11 Å². The number of amides is 1. The van der Waals surface area contributed by atoms with Gasteiger partial charge in [0.25, 0.3) is 5.91 Å². The molecular formula is C21H23N3O2. The van der Waals surface area contributed by atoms with Crippen molar-refractivity contribution in [1.82, 2.24) is 15.1 Å². The Labute approximate surface area is 153 Å². The summed E-state index contributed by atoms with van der Waals surface area (Å²) in [6, 6.07) is 17.3. The number of nitrogens with one attached hydrogen (secondary N) is 1. The number of aromatic nitrogens is 2. The fourth-order valence-corrected chi connectivity index (χ4v) is 2.84. The highest BCUT2D eigenvalue weighted by Gasteiger charge is 2.14. The van der Waals surface area contributed by atoms with Crippen molar-refractivity contribution in [2.24, 2.45) is 0 Å². The standard InChI is InChI=1S/C21H23N3O2/c1-3-20(17-9-11-19(26-2)12-10-17)23-21(25)18-7-5-16(6-8-18)15-24-14-4-13-22-24/h4-14,20H,3,15H2,1-2H3,(H,23,25). The van der Waals surface area contributed by atoms with Gasteiger partial charge in [-0.25, -0.2) is 0 Å². The molecule has 1 unspecified atom stereocenters. The molecule has 0 aliphatic heterocycles. The second-order valence-electron chi connectivity index (χ2n) is 6.11. The van der Waals surface area contributed by atoms with Gasteiger partial charge in [0.1, 0.15) is 5.75 Å². The van der Waals surface area contributed by atoms with E-state index in [0.717, 1.165) is 23.3 Å². The van der Waals surface area contributed by atoms with Crippen LogP contribution in [0.1, 0.15) is 40.9 Å². The molecule has 0 saturated carbocycles. The van der Waals surface area contributed by atoms with Gasteiger partial charge in [0.15, 0.2) is 0 Å². The van der Waals surface area contributed by atoms with Crippen molar-refractivity contribution >= 4 is 5.91 Å². The third kappa shape index (κ3) is 4.30. The average Bonchev–Trinajstić information content (AvgIpc) is 3.19. The molecule has 26 heavy (non-hydrogen) atoms. The number of hydrogen-bond acceptors (Lipinski definition) is 3. The zero-order chi connectivity index (χ0) is 18.4. The molecule has 0 spiro atoms. The minimum atomic E-state index is -0.0710. The van der Waals surface area contributed by atoms with Crippen molar-refractivity contribution in [1.29, 1.82) is 0 Å². The highest BCUT2D eigenvalue weighted by atomic mass is 16.5. The van der Waals surface area contributed by atoms with Crippen LogP contribution in [0.25, 0.3) is 0 Å². The van der Waals surface area contributed by atoms with Crippen LogP contribution in [0.3, 0.4) is 0 Å². The molecule has 0 fully saturated rings. The summed E-state index contributed by atoms with van der Waals surface area (Å²) in [6.45, 7) is 2.75. The third-order valence-corrected chi connectivity index (χ3v) is 4.35. The van der Waals surface area contributed by atoms with Gasteiger partial charge in [-0.1, -0.05) is 31.2 Å². The number of carbonyl (C=O) groups is 1. The van der Waals surface area contributed by atoms with E-state index >= 15 is 0 Å². The lowest BCUT2D eigenvalue weighted by molar-refractivity contribution is 0.0935. The maximum atomic E-state index is 12.6. The summed E-state index contributed by atoms with van der Waals surface area (Å²) in [5, 5.41) is 7.30. The van der Waals surface area contributed by atoms with E-state index in [4.69, 9.17) is 4.74 Å². The van der Waals surface area contributed by atoms with Gasteiger partial charge in [-0.2, -0.15) is 5.10 Å². The van der Waals surface area contributed by atoms with Gasteiger partial charge in [-0.15, -0.1) is 0 Å². The number of rotatable bonds is 7. The first kappa shape index (κ1) is 17.7. The van der Waals surface area contributed by atoms with E-state index in [0.29, 0.717) is 12.1 Å². The van der Waals surface area contributed by atoms with Gasteiger partial charge < -0.3 is 10.1 Å². The molecular weight excluding hydrogens is 326 g/mol. The summed E-state index contributed by atoms with van der Waals surface area (Å²) in [4.78, 5) is 12.6. The Balaban J connectivity index is 1.65.